The molecule has 3 aliphatic heterocycles. The van der Waals surface area contributed by atoms with Gasteiger partial charge in [0.15, 0.2) is 0 Å². The predicted octanol–water partition coefficient (Wildman–Crippen LogP) is 1.08. The van der Waals surface area contributed by atoms with E-state index in [-0.39, 0.29) is 18.0 Å². The van der Waals surface area contributed by atoms with Gasteiger partial charge in [-0.3, -0.25) is 9.69 Å². The number of piperazine rings is 1. The van der Waals surface area contributed by atoms with Gasteiger partial charge in [0.05, 0.1) is 24.8 Å². The van der Waals surface area contributed by atoms with Gasteiger partial charge in [0.25, 0.3) is 0 Å². The molecule has 6 heteroatoms. The lowest BCUT2D eigenvalue weighted by atomic mass is 10.00. The van der Waals surface area contributed by atoms with Crippen LogP contribution in [0.5, 0.6) is 5.75 Å². The molecule has 0 saturated carbocycles. The van der Waals surface area contributed by atoms with Crippen LogP contribution in [-0.2, 0) is 9.53 Å². The molecule has 6 nitrogen and oxygen atoms in total. The van der Waals surface area contributed by atoms with Gasteiger partial charge in [0, 0.05) is 44.3 Å². The fourth-order valence-electron chi connectivity index (χ4n) is 4.25. The highest BCUT2D eigenvalue weighted by Gasteiger charge is 2.39. The molecule has 0 spiro atoms. The van der Waals surface area contributed by atoms with Gasteiger partial charge in [-0.15, -0.1) is 0 Å². The lowest BCUT2D eigenvalue weighted by Crippen LogP contribution is -2.59. The Bertz CT molecular complexity index is 624. The Labute approximate surface area is 148 Å². The number of carbonyl (C=O) groups is 1. The van der Waals surface area contributed by atoms with Crippen molar-refractivity contribution in [2.45, 2.75) is 44.0 Å². The molecule has 3 aliphatic rings. The summed E-state index contributed by atoms with van der Waals surface area (Å²) >= 11 is 0. The van der Waals surface area contributed by atoms with Crippen LogP contribution in [0.2, 0.25) is 0 Å². The molecular weight excluding hydrogens is 318 g/mol. The molecule has 2 unspecified atom stereocenters. The van der Waals surface area contributed by atoms with Crippen LogP contribution in [-0.4, -0.2) is 61.8 Å². The number of carbonyl (C=O) groups excluding carboxylic acids is 1. The van der Waals surface area contributed by atoms with Gasteiger partial charge < -0.3 is 20.1 Å². The number of amides is 1. The summed E-state index contributed by atoms with van der Waals surface area (Å²) in [6.07, 6.45) is 2.18. The molecular formula is C19H27N3O3. The quantitative estimate of drug-likeness (QED) is 0.855. The van der Waals surface area contributed by atoms with Crippen LogP contribution in [0.25, 0.3) is 0 Å². The maximum absolute atomic E-state index is 12.8. The molecule has 4 atom stereocenters. The molecule has 2 saturated heterocycles. The fraction of sp³-hybridized carbons (Fsp3) is 0.632. The third-order valence-electron chi connectivity index (χ3n) is 5.50. The van der Waals surface area contributed by atoms with Crippen molar-refractivity contribution >= 4 is 5.91 Å². The summed E-state index contributed by atoms with van der Waals surface area (Å²) in [4.78, 5) is 15.2. The summed E-state index contributed by atoms with van der Waals surface area (Å²) in [6, 6.07) is 8.33. The van der Waals surface area contributed by atoms with Crippen molar-refractivity contribution in [1.82, 2.24) is 15.5 Å². The summed E-state index contributed by atoms with van der Waals surface area (Å²) in [5.74, 6) is 0.967. The second kappa shape index (κ2) is 7.32. The van der Waals surface area contributed by atoms with Crippen LogP contribution >= 0.6 is 0 Å². The zero-order chi connectivity index (χ0) is 17.2. The van der Waals surface area contributed by atoms with E-state index >= 15 is 0 Å². The van der Waals surface area contributed by atoms with E-state index in [1.165, 1.54) is 0 Å². The van der Waals surface area contributed by atoms with Crippen LogP contribution < -0.4 is 15.4 Å². The Morgan fingerprint density at radius 3 is 3.16 bits per heavy atom. The molecule has 0 bridgehead atoms. The van der Waals surface area contributed by atoms with Crippen LogP contribution in [0.3, 0.4) is 0 Å². The first-order valence-electron chi connectivity index (χ1n) is 9.35. The van der Waals surface area contributed by atoms with Crippen LogP contribution in [0.15, 0.2) is 24.3 Å². The predicted molar refractivity (Wildman–Crippen MR) is 94.6 cm³/mol. The minimum absolute atomic E-state index is 0.0340. The Balaban J connectivity index is 1.37. The first-order chi connectivity index (χ1) is 12.2. The van der Waals surface area contributed by atoms with Gasteiger partial charge in [0.1, 0.15) is 5.75 Å². The van der Waals surface area contributed by atoms with Crippen molar-refractivity contribution < 1.29 is 14.3 Å². The fourth-order valence-corrected chi connectivity index (χ4v) is 4.25. The van der Waals surface area contributed by atoms with Crippen molar-refractivity contribution in [3.8, 4) is 5.75 Å². The van der Waals surface area contributed by atoms with Gasteiger partial charge >= 0.3 is 0 Å². The van der Waals surface area contributed by atoms with Gasteiger partial charge in [-0.2, -0.15) is 0 Å². The van der Waals surface area contributed by atoms with Gasteiger partial charge in [-0.05, 0) is 19.4 Å². The standard InChI is InChI=1S/C19H27N3O3/c1-2-24-14-9-13-10-20-17(12-22(13)11-14)19(23)21-16-7-8-25-18-6-4-3-5-15(16)18/h3-6,13-14,16-17,20H,2,7-12H2,1H3,(H,21,23)/t13-,14?,16+,17?/m0/s1. The lowest BCUT2D eigenvalue weighted by Gasteiger charge is -2.36. The molecule has 1 aromatic rings. The van der Waals surface area contributed by atoms with Gasteiger partial charge in [-0.1, -0.05) is 18.2 Å². The minimum Gasteiger partial charge on any atom is -0.493 e. The van der Waals surface area contributed by atoms with Crippen LogP contribution in [0.1, 0.15) is 31.4 Å². The average molecular weight is 345 g/mol. The molecule has 136 valence electrons. The second-order valence-electron chi connectivity index (χ2n) is 7.12. The largest absolute Gasteiger partial charge is 0.493 e. The number of rotatable bonds is 4. The molecule has 4 rings (SSSR count). The number of para-hydroxylation sites is 1. The third kappa shape index (κ3) is 3.52. The summed E-state index contributed by atoms with van der Waals surface area (Å²) in [7, 11) is 0. The van der Waals surface area contributed by atoms with E-state index in [1.54, 1.807) is 0 Å². The van der Waals surface area contributed by atoms with E-state index in [0.717, 1.165) is 50.4 Å². The Morgan fingerprint density at radius 1 is 1.40 bits per heavy atom. The average Bonchev–Trinajstić information content (AvgIpc) is 3.04. The monoisotopic (exact) mass is 345 g/mol. The number of nitrogens with one attached hydrogen (secondary N) is 2. The molecule has 2 N–H and O–H groups in total. The first kappa shape index (κ1) is 16.8. The molecule has 25 heavy (non-hydrogen) atoms. The molecule has 2 fully saturated rings. The Morgan fingerprint density at radius 2 is 2.28 bits per heavy atom. The van der Waals surface area contributed by atoms with Crippen LogP contribution in [0, 0.1) is 0 Å². The smallest absolute Gasteiger partial charge is 0.238 e. The molecule has 0 aromatic heterocycles. The van der Waals surface area contributed by atoms with Crippen molar-refractivity contribution in [3.05, 3.63) is 29.8 Å². The van der Waals surface area contributed by atoms with E-state index in [4.69, 9.17) is 9.47 Å². The highest BCUT2D eigenvalue weighted by Crippen LogP contribution is 2.31. The lowest BCUT2D eigenvalue weighted by molar-refractivity contribution is -0.125. The van der Waals surface area contributed by atoms with E-state index in [1.807, 2.05) is 31.2 Å². The number of hydrogen-bond donors (Lipinski definition) is 2. The summed E-state index contributed by atoms with van der Waals surface area (Å²) in [5.41, 5.74) is 1.08. The minimum atomic E-state index is -0.161. The SMILES string of the molecule is CCOC1C[C@H]2CNC(C(=O)N[C@@H]3CCOc4ccccc43)CN2C1. The highest BCUT2D eigenvalue weighted by atomic mass is 16.5. The second-order valence-corrected chi connectivity index (χ2v) is 7.12. The third-order valence-corrected chi connectivity index (χ3v) is 5.50. The molecule has 1 aromatic carbocycles. The molecule has 3 heterocycles. The topological polar surface area (TPSA) is 62.8 Å². The Hall–Kier alpha value is -1.63. The van der Waals surface area contributed by atoms with Gasteiger partial charge in [-0.25, -0.2) is 0 Å². The van der Waals surface area contributed by atoms with Crippen molar-refractivity contribution in [3.63, 3.8) is 0 Å². The zero-order valence-electron chi connectivity index (χ0n) is 14.7. The Kier molecular flexibility index (Phi) is 4.92. The number of nitrogens with zero attached hydrogens (tertiary/aromatic N) is 1. The van der Waals surface area contributed by atoms with E-state index in [2.05, 4.69) is 15.5 Å². The van der Waals surface area contributed by atoms with Crippen molar-refractivity contribution in [2.75, 3.05) is 32.8 Å². The number of fused-ring (bicyclic) bond motifs is 2. The van der Waals surface area contributed by atoms with Crippen molar-refractivity contribution in [2.24, 2.45) is 0 Å². The normalized spacial score (nSPS) is 31.7. The number of benzene rings is 1. The van der Waals surface area contributed by atoms with Crippen LogP contribution in [0.4, 0.5) is 0 Å². The van der Waals surface area contributed by atoms with E-state index in [9.17, 15) is 4.79 Å². The first-order valence-corrected chi connectivity index (χ1v) is 9.35. The maximum Gasteiger partial charge on any atom is 0.238 e. The zero-order valence-corrected chi connectivity index (χ0v) is 14.7. The van der Waals surface area contributed by atoms with E-state index < -0.39 is 0 Å². The summed E-state index contributed by atoms with van der Waals surface area (Å²) in [5, 5.41) is 6.65. The van der Waals surface area contributed by atoms with Gasteiger partial charge in [0.2, 0.25) is 5.91 Å². The van der Waals surface area contributed by atoms with Crippen molar-refractivity contribution in [1.29, 1.82) is 0 Å². The summed E-state index contributed by atoms with van der Waals surface area (Å²) < 4.78 is 11.5. The summed E-state index contributed by atoms with van der Waals surface area (Å²) in [6.45, 7) is 5.98. The van der Waals surface area contributed by atoms with E-state index in [0.29, 0.717) is 18.8 Å². The molecule has 0 radical (unpaired) electrons. The molecule has 0 aliphatic carbocycles. The highest BCUT2D eigenvalue weighted by molar-refractivity contribution is 5.82. The maximum atomic E-state index is 12.8. The number of ether oxygens (including phenoxy) is 2. The molecule has 1 amide bonds. The number of hydrogen-bond acceptors (Lipinski definition) is 5.